The number of likely N-dealkylation sites (tertiary alicyclic amines) is 1. The van der Waals surface area contributed by atoms with E-state index in [9.17, 15) is 4.79 Å². The molecule has 5 heteroatoms. The van der Waals surface area contributed by atoms with Gasteiger partial charge in [-0.2, -0.15) is 0 Å². The highest BCUT2D eigenvalue weighted by atomic mass is 16.5. The number of amides is 1. The summed E-state index contributed by atoms with van der Waals surface area (Å²) in [5.41, 5.74) is 6.49. The van der Waals surface area contributed by atoms with E-state index in [0.717, 1.165) is 12.0 Å². The van der Waals surface area contributed by atoms with Crippen molar-refractivity contribution in [1.29, 1.82) is 0 Å². The Bertz CT molecular complexity index is 348. The Balaban J connectivity index is 2.13. The summed E-state index contributed by atoms with van der Waals surface area (Å²) in [4.78, 5) is 13.5. The minimum atomic E-state index is -0.104. The van der Waals surface area contributed by atoms with Gasteiger partial charge in [-0.3, -0.25) is 4.79 Å². The van der Waals surface area contributed by atoms with Gasteiger partial charge in [0.15, 0.2) is 0 Å². The van der Waals surface area contributed by atoms with Gasteiger partial charge in [-0.05, 0) is 13.3 Å². The lowest BCUT2D eigenvalue weighted by Gasteiger charge is -2.13. The van der Waals surface area contributed by atoms with Crippen LogP contribution in [0.5, 0.6) is 0 Å². The molecule has 76 valence electrons. The average molecular weight is 195 g/mol. The maximum Gasteiger partial charge on any atom is 0.292 e. The molecule has 1 amide bonds. The summed E-state index contributed by atoms with van der Waals surface area (Å²) in [5.74, 6) is 0.229. The first kappa shape index (κ1) is 9.21. The Morgan fingerprint density at radius 3 is 3.07 bits per heavy atom. The van der Waals surface area contributed by atoms with Crippen molar-refractivity contribution in [3.05, 3.63) is 17.5 Å². The molecule has 1 fully saturated rings. The van der Waals surface area contributed by atoms with Crippen LogP contribution in [0.3, 0.4) is 0 Å². The van der Waals surface area contributed by atoms with Gasteiger partial charge in [0.1, 0.15) is 0 Å². The lowest BCUT2D eigenvalue weighted by molar-refractivity contribution is 0.0748. The quantitative estimate of drug-likeness (QED) is 0.692. The Hall–Kier alpha value is -1.36. The van der Waals surface area contributed by atoms with Gasteiger partial charge in [-0.15, -0.1) is 0 Å². The molecule has 0 saturated carbocycles. The Labute approximate surface area is 81.8 Å². The Morgan fingerprint density at radius 1 is 1.79 bits per heavy atom. The fourth-order valence-electron chi connectivity index (χ4n) is 1.61. The molecule has 1 aromatic heterocycles. The second kappa shape index (κ2) is 3.42. The van der Waals surface area contributed by atoms with Gasteiger partial charge in [0.05, 0.1) is 6.20 Å². The van der Waals surface area contributed by atoms with E-state index in [0.29, 0.717) is 18.8 Å². The zero-order valence-electron chi connectivity index (χ0n) is 8.06. The maximum absolute atomic E-state index is 11.8. The van der Waals surface area contributed by atoms with Gasteiger partial charge >= 0.3 is 0 Å². The highest BCUT2D eigenvalue weighted by molar-refractivity contribution is 5.92. The van der Waals surface area contributed by atoms with Crippen LogP contribution in [0.15, 0.2) is 10.7 Å². The van der Waals surface area contributed by atoms with Crippen molar-refractivity contribution in [2.75, 3.05) is 13.1 Å². The van der Waals surface area contributed by atoms with Gasteiger partial charge in [0.25, 0.3) is 5.91 Å². The van der Waals surface area contributed by atoms with Crippen LogP contribution in [-0.4, -0.2) is 35.1 Å². The maximum atomic E-state index is 11.8. The van der Waals surface area contributed by atoms with E-state index in [1.165, 1.54) is 0 Å². The van der Waals surface area contributed by atoms with Gasteiger partial charge in [0.2, 0.25) is 5.76 Å². The second-order valence-electron chi connectivity index (χ2n) is 3.64. The van der Waals surface area contributed by atoms with E-state index in [-0.39, 0.29) is 11.9 Å². The lowest BCUT2D eigenvalue weighted by atomic mass is 10.2. The molecule has 0 spiro atoms. The number of nitrogens with zero attached hydrogens (tertiary/aromatic N) is 2. The zero-order chi connectivity index (χ0) is 10.1. The minimum Gasteiger partial charge on any atom is -0.351 e. The summed E-state index contributed by atoms with van der Waals surface area (Å²) in [6.45, 7) is 3.12. The van der Waals surface area contributed by atoms with Gasteiger partial charge in [-0.25, -0.2) is 0 Å². The molecule has 1 aliphatic heterocycles. The fourth-order valence-corrected chi connectivity index (χ4v) is 1.61. The first-order chi connectivity index (χ1) is 6.68. The molecule has 14 heavy (non-hydrogen) atoms. The van der Waals surface area contributed by atoms with Crippen LogP contribution in [0, 0.1) is 6.92 Å². The molecule has 1 saturated heterocycles. The minimum absolute atomic E-state index is 0.0992. The molecular formula is C9H13N3O2. The SMILES string of the molecule is Cc1cnoc1C(=O)N1CC[C@H](N)C1. The average Bonchev–Trinajstić information content (AvgIpc) is 2.73. The van der Waals surface area contributed by atoms with Gasteiger partial charge in [0, 0.05) is 24.7 Å². The molecule has 2 N–H and O–H groups in total. The van der Waals surface area contributed by atoms with Crippen molar-refractivity contribution in [2.24, 2.45) is 5.73 Å². The van der Waals surface area contributed by atoms with E-state index in [1.807, 2.05) is 0 Å². The van der Waals surface area contributed by atoms with Crippen LogP contribution in [0.1, 0.15) is 22.5 Å². The van der Waals surface area contributed by atoms with Crippen molar-refractivity contribution in [3.8, 4) is 0 Å². The van der Waals surface area contributed by atoms with Crippen molar-refractivity contribution >= 4 is 5.91 Å². The molecule has 0 bridgehead atoms. The molecule has 0 radical (unpaired) electrons. The van der Waals surface area contributed by atoms with Crippen LogP contribution in [0.2, 0.25) is 0 Å². The molecule has 5 nitrogen and oxygen atoms in total. The third kappa shape index (κ3) is 1.50. The van der Waals surface area contributed by atoms with Crippen LogP contribution < -0.4 is 5.73 Å². The molecule has 0 unspecified atom stereocenters. The van der Waals surface area contributed by atoms with E-state index in [4.69, 9.17) is 10.3 Å². The molecule has 1 atom stereocenters. The van der Waals surface area contributed by atoms with Crippen molar-refractivity contribution < 1.29 is 9.32 Å². The highest BCUT2D eigenvalue weighted by Gasteiger charge is 2.27. The molecule has 1 aromatic rings. The zero-order valence-corrected chi connectivity index (χ0v) is 8.06. The summed E-state index contributed by atoms with van der Waals surface area (Å²) < 4.78 is 4.89. The number of aromatic nitrogens is 1. The first-order valence-electron chi connectivity index (χ1n) is 4.64. The molecule has 0 aromatic carbocycles. The summed E-state index contributed by atoms with van der Waals surface area (Å²) >= 11 is 0. The smallest absolute Gasteiger partial charge is 0.292 e. The van der Waals surface area contributed by atoms with Crippen LogP contribution in [0.25, 0.3) is 0 Å². The van der Waals surface area contributed by atoms with E-state index >= 15 is 0 Å². The Kier molecular flexibility index (Phi) is 2.25. The lowest BCUT2D eigenvalue weighted by Crippen LogP contribution is -2.31. The summed E-state index contributed by atoms with van der Waals surface area (Å²) in [5, 5.41) is 3.58. The standard InChI is InChI=1S/C9H13N3O2/c1-6-4-11-14-8(6)9(13)12-3-2-7(10)5-12/h4,7H,2-3,5,10H2,1H3/t7-/m0/s1. The van der Waals surface area contributed by atoms with E-state index in [2.05, 4.69) is 5.16 Å². The molecule has 2 heterocycles. The molecular weight excluding hydrogens is 182 g/mol. The van der Waals surface area contributed by atoms with Crippen LogP contribution in [-0.2, 0) is 0 Å². The van der Waals surface area contributed by atoms with Gasteiger partial charge in [-0.1, -0.05) is 5.16 Å². The van der Waals surface area contributed by atoms with Crippen molar-refractivity contribution in [2.45, 2.75) is 19.4 Å². The van der Waals surface area contributed by atoms with Crippen molar-refractivity contribution in [1.82, 2.24) is 10.1 Å². The number of rotatable bonds is 1. The third-order valence-corrected chi connectivity index (χ3v) is 2.45. The van der Waals surface area contributed by atoms with Crippen LogP contribution >= 0.6 is 0 Å². The largest absolute Gasteiger partial charge is 0.351 e. The van der Waals surface area contributed by atoms with E-state index < -0.39 is 0 Å². The van der Waals surface area contributed by atoms with E-state index in [1.54, 1.807) is 18.0 Å². The number of aryl methyl sites for hydroxylation is 1. The summed E-state index contributed by atoms with van der Waals surface area (Å²) in [7, 11) is 0. The molecule has 0 aliphatic carbocycles. The summed E-state index contributed by atoms with van der Waals surface area (Å²) in [6, 6.07) is 0.0992. The predicted molar refractivity (Wildman–Crippen MR) is 49.7 cm³/mol. The monoisotopic (exact) mass is 195 g/mol. The molecule has 2 rings (SSSR count). The fraction of sp³-hybridized carbons (Fsp3) is 0.556. The van der Waals surface area contributed by atoms with Crippen molar-refractivity contribution in [3.63, 3.8) is 0 Å². The Morgan fingerprint density at radius 2 is 2.57 bits per heavy atom. The first-order valence-corrected chi connectivity index (χ1v) is 4.64. The number of carbonyl (C=O) groups excluding carboxylic acids is 1. The number of hydrogen-bond donors (Lipinski definition) is 1. The number of hydrogen-bond acceptors (Lipinski definition) is 4. The summed E-state index contributed by atoms with van der Waals surface area (Å²) in [6.07, 6.45) is 2.40. The third-order valence-electron chi connectivity index (χ3n) is 2.45. The van der Waals surface area contributed by atoms with Crippen LogP contribution in [0.4, 0.5) is 0 Å². The highest BCUT2D eigenvalue weighted by Crippen LogP contribution is 2.14. The second-order valence-corrected chi connectivity index (χ2v) is 3.64. The normalized spacial score (nSPS) is 21.6. The van der Waals surface area contributed by atoms with Gasteiger partial charge < -0.3 is 15.2 Å². The predicted octanol–water partition coefficient (Wildman–Crippen LogP) is 0.156. The number of carbonyl (C=O) groups is 1. The topological polar surface area (TPSA) is 72.4 Å². The molecule has 1 aliphatic rings. The number of nitrogens with two attached hydrogens (primary N) is 1.